The van der Waals surface area contributed by atoms with Crippen molar-refractivity contribution in [1.82, 2.24) is 5.32 Å². The molecule has 1 rings (SSSR count). The number of anilines is 1. The van der Waals surface area contributed by atoms with E-state index in [1.165, 1.54) is 11.8 Å². The van der Waals surface area contributed by atoms with Gasteiger partial charge in [-0.25, -0.2) is 0 Å². The van der Waals surface area contributed by atoms with Crippen molar-refractivity contribution in [3.05, 3.63) is 29.8 Å². The van der Waals surface area contributed by atoms with Crippen molar-refractivity contribution in [2.24, 2.45) is 0 Å². The van der Waals surface area contributed by atoms with Crippen LogP contribution in [0, 0.1) is 0 Å². The molecule has 0 radical (unpaired) electrons. The van der Waals surface area contributed by atoms with Gasteiger partial charge in [0.05, 0.1) is 5.75 Å². The van der Waals surface area contributed by atoms with Crippen LogP contribution in [0.3, 0.4) is 0 Å². The van der Waals surface area contributed by atoms with E-state index in [2.05, 4.69) is 10.6 Å². The highest BCUT2D eigenvalue weighted by Gasteiger charge is 2.07. The Morgan fingerprint density at radius 2 is 1.83 bits per heavy atom. The molecule has 2 N–H and O–H groups in total. The number of benzene rings is 1. The molecule has 18 heavy (non-hydrogen) atoms. The van der Waals surface area contributed by atoms with Gasteiger partial charge < -0.3 is 10.6 Å². The summed E-state index contributed by atoms with van der Waals surface area (Å²) in [5, 5.41) is 5.57. The molecule has 1 aromatic rings. The summed E-state index contributed by atoms with van der Waals surface area (Å²) in [5.74, 6) is 0.282. The molecule has 0 heterocycles. The van der Waals surface area contributed by atoms with Crippen LogP contribution in [0.15, 0.2) is 24.3 Å². The van der Waals surface area contributed by atoms with Crippen LogP contribution in [0.2, 0.25) is 0 Å². The second-order valence-electron chi connectivity index (χ2n) is 4.19. The van der Waals surface area contributed by atoms with Gasteiger partial charge in [0.25, 0.3) is 5.91 Å². The molecule has 0 saturated carbocycles. The second-order valence-corrected chi connectivity index (χ2v) is 5.05. The van der Waals surface area contributed by atoms with Gasteiger partial charge in [0.1, 0.15) is 0 Å². The van der Waals surface area contributed by atoms with E-state index in [9.17, 15) is 9.59 Å². The van der Waals surface area contributed by atoms with Gasteiger partial charge in [0.15, 0.2) is 0 Å². The summed E-state index contributed by atoms with van der Waals surface area (Å²) in [5.41, 5.74) is 1.29. The van der Waals surface area contributed by atoms with Gasteiger partial charge in [-0.3, -0.25) is 9.59 Å². The first-order valence-electron chi connectivity index (χ1n) is 5.72. The lowest BCUT2D eigenvalue weighted by atomic mass is 10.2. The van der Waals surface area contributed by atoms with E-state index in [0.29, 0.717) is 17.0 Å². The Hall–Kier alpha value is -1.49. The smallest absolute Gasteiger partial charge is 0.251 e. The number of nitrogens with one attached hydrogen (secondary N) is 2. The van der Waals surface area contributed by atoms with Gasteiger partial charge >= 0.3 is 0 Å². The van der Waals surface area contributed by atoms with E-state index in [0.717, 1.165) is 0 Å². The van der Waals surface area contributed by atoms with Gasteiger partial charge in [-0.05, 0) is 44.4 Å². The van der Waals surface area contributed by atoms with E-state index >= 15 is 0 Å². The van der Waals surface area contributed by atoms with Crippen molar-refractivity contribution in [2.75, 3.05) is 17.3 Å². The van der Waals surface area contributed by atoms with Crippen molar-refractivity contribution >= 4 is 29.3 Å². The predicted octanol–water partition coefficient (Wildman–Crippen LogP) is 2.13. The van der Waals surface area contributed by atoms with Gasteiger partial charge in [0, 0.05) is 17.3 Å². The first kappa shape index (κ1) is 14.6. The highest BCUT2D eigenvalue weighted by molar-refractivity contribution is 7.99. The maximum absolute atomic E-state index is 11.7. The summed E-state index contributed by atoms with van der Waals surface area (Å²) < 4.78 is 0. The van der Waals surface area contributed by atoms with Crippen molar-refractivity contribution in [3.63, 3.8) is 0 Å². The molecule has 0 aliphatic rings. The second kappa shape index (κ2) is 7.06. The van der Waals surface area contributed by atoms with Crippen LogP contribution in [0.25, 0.3) is 0 Å². The van der Waals surface area contributed by atoms with Crippen molar-refractivity contribution in [2.45, 2.75) is 19.9 Å². The van der Waals surface area contributed by atoms with E-state index in [1.807, 2.05) is 20.1 Å². The molecule has 0 unspecified atom stereocenters. The van der Waals surface area contributed by atoms with E-state index < -0.39 is 0 Å². The largest absolute Gasteiger partial charge is 0.350 e. The third-order valence-corrected chi connectivity index (χ3v) is 2.68. The molecule has 0 saturated heterocycles. The molecule has 1 aromatic carbocycles. The molecule has 0 aliphatic carbocycles. The van der Waals surface area contributed by atoms with Crippen molar-refractivity contribution in [3.8, 4) is 0 Å². The SMILES string of the molecule is CSCC(=O)Nc1ccc(C(=O)NC(C)C)cc1. The molecule has 2 amide bonds. The Morgan fingerprint density at radius 3 is 2.33 bits per heavy atom. The van der Waals surface area contributed by atoms with Crippen LogP contribution in [-0.4, -0.2) is 29.9 Å². The quantitative estimate of drug-likeness (QED) is 0.858. The zero-order chi connectivity index (χ0) is 13.5. The normalized spacial score (nSPS) is 10.2. The monoisotopic (exact) mass is 266 g/mol. The molecule has 0 spiro atoms. The molecular formula is C13H18N2O2S. The molecular weight excluding hydrogens is 248 g/mol. The lowest BCUT2D eigenvalue weighted by Gasteiger charge is -2.09. The van der Waals surface area contributed by atoms with E-state index in [4.69, 9.17) is 0 Å². The van der Waals surface area contributed by atoms with Gasteiger partial charge in [-0.1, -0.05) is 0 Å². The maximum atomic E-state index is 11.7. The zero-order valence-electron chi connectivity index (χ0n) is 10.8. The molecule has 0 aromatic heterocycles. The number of carbonyl (C=O) groups is 2. The standard InChI is InChI=1S/C13H18N2O2S/c1-9(2)14-13(17)10-4-6-11(7-5-10)15-12(16)8-18-3/h4-7,9H,8H2,1-3H3,(H,14,17)(H,15,16). The Morgan fingerprint density at radius 1 is 1.22 bits per heavy atom. The van der Waals surface area contributed by atoms with Gasteiger partial charge in [-0.15, -0.1) is 0 Å². The van der Waals surface area contributed by atoms with Crippen LogP contribution < -0.4 is 10.6 Å². The number of carbonyl (C=O) groups excluding carboxylic acids is 2. The highest BCUT2D eigenvalue weighted by Crippen LogP contribution is 2.10. The Kier molecular flexibility index (Phi) is 5.71. The fourth-order valence-corrected chi connectivity index (χ4v) is 1.71. The molecule has 4 nitrogen and oxygen atoms in total. The number of rotatable bonds is 5. The first-order chi connectivity index (χ1) is 8.52. The maximum Gasteiger partial charge on any atom is 0.251 e. The number of thioether (sulfide) groups is 1. The Balaban J connectivity index is 2.62. The van der Waals surface area contributed by atoms with Crippen molar-refractivity contribution in [1.29, 1.82) is 0 Å². The third-order valence-electron chi connectivity index (χ3n) is 2.13. The summed E-state index contributed by atoms with van der Waals surface area (Å²) >= 11 is 1.47. The van der Waals surface area contributed by atoms with E-state index in [1.54, 1.807) is 24.3 Å². The first-order valence-corrected chi connectivity index (χ1v) is 7.12. The summed E-state index contributed by atoms with van der Waals surface area (Å²) in [6, 6.07) is 6.97. The Labute approximate surface area is 112 Å². The Bertz CT molecular complexity index is 416. The van der Waals surface area contributed by atoms with Crippen LogP contribution in [0.1, 0.15) is 24.2 Å². The summed E-state index contributed by atoms with van der Waals surface area (Å²) in [4.78, 5) is 23.1. The highest BCUT2D eigenvalue weighted by atomic mass is 32.2. The molecule has 0 fully saturated rings. The van der Waals surface area contributed by atoms with Gasteiger partial charge in [-0.2, -0.15) is 11.8 Å². The fourth-order valence-electron chi connectivity index (χ4n) is 1.38. The fraction of sp³-hybridized carbons (Fsp3) is 0.385. The minimum atomic E-state index is -0.105. The number of amides is 2. The number of hydrogen-bond acceptors (Lipinski definition) is 3. The van der Waals surface area contributed by atoms with E-state index in [-0.39, 0.29) is 17.9 Å². The van der Waals surface area contributed by atoms with Crippen molar-refractivity contribution < 1.29 is 9.59 Å². The molecule has 5 heteroatoms. The number of hydrogen-bond donors (Lipinski definition) is 2. The average molecular weight is 266 g/mol. The average Bonchev–Trinajstić information content (AvgIpc) is 2.29. The lowest BCUT2D eigenvalue weighted by molar-refractivity contribution is -0.113. The minimum Gasteiger partial charge on any atom is -0.350 e. The third kappa shape index (κ3) is 4.79. The predicted molar refractivity (Wildman–Crippen MR) is 76.1 cm³/mol. The molecule has 0 bridgehead atoms. The zero-order valence-corrected chi connectivity index (χ0v) is 11.6. The van der Waals surface area contributed by atoms with Crippen LogP contribution in [-0.2, 0) is 4.79 Å². The minimum absolute atomic E-state index is 0.0399. The summed E-state index contributed by atoms with van der Waals surface area (Å²) in [6.07, 6.45) is 1.87. The molecule has 0 atom stereocenters. The summed E-state index contributed by atoms with van der Waals surface area (Å²) in [7, 11) is 0. The topological polar surface area (TPSA) is 58.2 Å². The van der Waals surface area contributed by atoms with Crippen LogP contribution in [0.5, 0.6) is 0 Å². The molecule has 98 valence electrons. The van der Waals surface area contributed by atoms with Crippen LogP contribution >= 0.6 is 11.8 Å². The van der Waals surface area contributed by atoms with Crippen LogP contribution in [0.4, 0.5) is 5.69 Å². The molecule has 0 aliphatic heterocycles. The summed E-state index contributed by atoms with van der Waals surface area (Å²) in [6.45, 7) is 3.82. The lowest BCUT2D eigenvalue weighted by Crippen LogP contribution is -2.30. The van der Waals surface area contributed by atoms with Gasteiger partial charge in [0.2, 0.25) is 5.91 Å².